The average Bonchev–Trinajstić information content (AvgIpc) is 2.85. The molecule has 5 nitrogen and oxygen atoms in total. The molecule has 19 heavy (non-hydrogen) atoms. The Bertz CT molecular complexity index is 549. The van der Waals surface area contributed by atoms with Crippen molar-refractivity contribution in [1.29, 1.82) is 0 Å². The van der Waals surface area contributed by atoms with Gasteiger partial charge in [-0.1, -0.05) is 19.0 Å². The van der Waals surface area contributed by atoms with Gasteiger partial charge in [0.1, 0.15) is 5.75 Å². The first-order valence-corrected chi connectivity index (χ1v) is 6.36. The lowest BCUT2D eigenvalue weighted by Crippen LogP contribution is -1.94. The number of nitrogens with two attached hydrogens (primary N) is 1. The minimum absolute atomic E-state index is 0.494. The van der Waals surface area contributed by atoms with Crippen LogP contribution in [-0.4, -0.2) is 17.3 Å². The van der Waals surface area contributed by atoms with Crippen molar-refractivity contribution in [1.82, 2.24) is 10.1 Å². The standard InChI is InChI=1S/C14H19N3O2/c1-9(2)4-7-13-16-14(19-17-13)10-5-6-12(18-3)11(15)8-10/h5-6,8-9H,4,7,15H2,1-3H3. The third-order valence-corrected chi connectivity index (χ3v) is 2.89. The van der Waals surface area contributed by atoms with E-state index >= 15 is 0 Å². The summed E-state index contributed by atoms with van der Waals surface area (Å²) < 4.78 is 10.4. The molecule has 0 fully saturated rings. The molecule has 1 aromatic carbocycles. The van der Waals surface area contributed by atoms with Crippen molar-refractivity contribution in [3.05, 3.63) is 24.0 Å². The highest BCUT2D eigenvalue weighted by molar-refractivity contribution is 5.65. The molecular weight excluding hydrogens is 242 g/mol. The first-order valence-electron chi connectivity index (χ1n) is 6.36. The monoisotopic (exact) mass is 261 g/mol. The zero-order chi connectivity index (χ0) is 13.8. The highest BCUT2D eigenvalue weighted by atomic mass is 16.5. The van der Waals surface area contributed by atoms with Crippen molar-refractivity contribution in [2.24, 2.45) is 5.92 Å². The van der Waals surface area contributed by atoms with Crippen LogP contribution in [0.25, 0.3) is 11.5 Å². The summed E-state index contributed by atoms with van der Waals surface area (Å²) >= 11 is 0. The molecule has 0 amide bonds. The number of rotatable bonds is 5. The molecule has 0 aliphatic carbocycles. The van der Waals surface area contributed by atoms with Crippen molar-refractivity contribution in [3.63, 3.8) is 0 Å². The van der Waals surface area contributed by atoms with Gasteiger partial charge in [0.25, 0.3) is 5.89 Å². The molecule has 0 saturated heterocycles. The molecule has 2 aromatic rings. The summed E-state index contributed by atoms with van der Waals surface area (Å²) in [5.41, 5.74) is 7.22. The SMILES string of the molecule is COc1ccc(-c2nc(CCC(C)C)no2)cc1N. The van der Waals surface area contributed by atoms with Gasteiger partial charge < -0.3 is 15.0 Å². The van der Waals surface area contributed by atoms with E-state index in [1.807, 2.05) is 6.07 Å². The number of nitrogen functional groups attached to an aromatic ring is 1. The van der Waals surface area contributed by atoms with Gasteiger partial charge in [-0.15, -0.1) is 0 Å². The van der Waals surface area contributed by atoms with Crippen LogP contribution in [0.2, 0.25) is 0 Å². The van der Waals surface area contributed by atoms with Crippen LogP contribution >= 0.6 is 0 Å². The van der Waals surface area contributed by atoms with Crippen LogP contribution in [0.4, 0.5) is 5.69 Å². The molecule has 0 bridgehead atoms. The van der Waals surface area contributed by atoms with Gasteiger partial charge in [-0.2, -0.15) is 4.98 Å². The zero-order valence-electron chi connectivity index (χ0n) is 11.5. The summed E-state index contributed by atoms with van der Waals surface area (Å²) in [4.78, 5) is 4.37. The average molecular weight is 261 g/mol. The maximum absolute atomic E-state index is 5.86. The van der Waals surface area contributed by atoms with Gasteiger partial charge in [0.15, 0.2) is 5.82 Å². The second kappa shape index (κ2) is 5.73. The maximum Gasteiger partial charge on any atom is 0.257 e. The fourth-order valence-corrected chi connectivity index (χ4v) is 1.76. The van der Waals surface area contributed by atoms with E-state index in [1.54, 1.807) is 19.2 Å². The lowest BCUT2D eigenvalue weighted by Gasteiger charge is -2.04. The summed E-state index contributed by atoms with van der Waals surface area (Å²) in [6.45, 7) is 4.34. The molecule has 0 aliphatic rings. The van der Waals surface area contributed by atoms with E-state index in [9.17, 15) is 0 Å². The third kappa shape index (κ3) is 3.24. The van der Waals surface area contributed by atoms with Gasteiger partial charge in [0.05, 0.1) is 12.8 Å². The summed E-state index contributed by atoms with van der Waals surface area (Å²) in [5.74, 6) is 2.49. The van der Waals surface area contributed by atoms with E-state index in [0.29, 0.717) is 23.2 Å². The Morgan fingerprint density at radius 1 is 1.37 bits per heavy atom. The van der Waals surface area contributed by atoms with E-state index in [4.69, 9.17) is 15.0 Å². The van der Waals surface area contributed by atoms with Crippen LogP contribution < -0.4 is 10.5 Å². The van der Waals surface area contributed by atoms with E-state index < -0.39 is 0 Å². The van der Waals surface area contributed by atoms with Crippen LogP contribution in [0.3, 0.4) is 0 Å². The Morgan fingerprint density at radius 2 is 2.16 bits per heavy atom. The molecule has 0 unspecified atom stereocenters. The maximum atomic E-state index is 5.86. The molecule has 0 spiro atoms. The lowest BCUT2D eigenvalue weighted by molar-refractivity contribution is 0.415. The third-order valence-electron chi connectivity index (χ3n) is 2.89. The first kappa shape index (κ1) is 13.4. The van der Waals surface area contributed by atoms with E-state index in [1.165, 1.54) is 0 Å². The topological polar surface area (TPSA) is 74.2 Å². The predicted octanol–water partition coefficient (Wildman–Crippen LogP) is 2.92. The molecule has 0 atom stereocenters. The van der Waals surface area contributed by atoms with Gasteiger partial charge in [0, 0.05) is 12.0 Å². The predicted molar refractivity (Wildman–Crippen MR) is 73.9 cm³/mol. The molecule has 1 heterocycles. The molecule has 0 aliphatic heterocycles. The number of methoxy groups -OCH3 is 1. The van der Waals surface area contributed by atoms with E-state index in [0.717, 1.165) is 24.2 Å². The lowest BCUT2D eigenvalue weighted by atomic mass is 10.1. The molecule has 0 radical (unpaired) electrons. The number of hydrogen-bond acceptors (Lipinski definition) is 5. The smallest absolute Gasteiger partial charge is 0.257 e. The Kier molecular flexibility index (Phi) is 4.04. The quantitative estimate of drug-likeness (QED) is 0.838. The Morgan fingerprint density at radius 3 is 2.79 bits per heavy atom. The largest absolute Gasteiger partial charge is 0.495 e. The molecule has 5 heteroatoms. The number of aryl methyl sites for hydroxylation is 1. The van der Waals surface area contributed by atoms with Crippen molar-refractivity contribution >= 4 is 5.69 Å². The molecular formula is C14H19N3O2. The second-order valence-electron chi connectivity index (χ2n) is 4.91. The van der Waals surface area contributed by atoms with Gasteiger partial charge >= 0.3 is 0 Å². The van der Waals surface area contributed by atoms with E-state index in [2.05, 4.69) is 24.0 Å². The van der Waals surface area contributed by atoms with Crippen molar-refractivity contribution < 1.29 is 9.26 Å². The summed E-state index contributed by atoms with van der Waals surface area (Å²) in [5, 5.41) is 3.98. The van der Waals surface area contributed by atoms with Crippen LogP contribution in [0, 0.1) is 5.92 Å². The molecule has 102 valence electrons. The van der Waals surface area contributed by atoms with Crippen LogP contribution in [0.5, 0.6) is 5.75 Å². The minimum Gasteiger partial charge on any atom is -0.495 e. The highest BCUT2D eigenvalue weighted by Gasteiger charge is 2.11. The van der Waals surface area contributed by atoms with E-state index in [-0.39, 0.29) is 0 Å². The first-order chi connectivity index (χ1) is 9.10. The van der Waals surface area contributed by atoms with Crippen LogP contribution in [0.15, 0.2) is 22.7 Å². The number of benzene rings is 1. The fraction of sp³-hybridized carbons (Fsp3) is 0.429. The Balaban J connectivity index is 2.16. The van der Waals surface area contributed by atoms with Gasteiger partial charge in [0.2, 0.25) is 0 Å². The number of nitrogens with zero attached hydrogens (tertiary/aromatic N) is 2. The molecule has 0 saturated carbocycles. The molecule has 2 rings (SSSR count). The number of hydrogen-bond donors (Lipinski definition) is 1. The summed E-state index contributed by atoms with van der Waals surface area (Å²) in [6.07, 6.45) is 1.87. The summed E-state index contributed by atoms with van der Waals surface area (Å²) in [6, 6.07) is 5.43. The Hall–Kier alpha value is -2.04. The Labute approximate surface area is 112 Å². The number of aromatic nitrogens is 2. The fourth-order valence-electron chi connectivity index (χ4n) is 1.76. The van der Waals surface area contributed by atoms with Crippen molar-refractivity contribution in [2.45, 2.75) is 26.7 Å². The van der Waals surface area contributed by atoms with Crippen LogP contribution in [-0.2, 0) is 6.42 Å². The highest BCUT2D eigenvalue weighted by Crippen LogP contribution is 2.27. The second-order valence-corrected chi connectivity index (χ2v) is 4.91. The zero-order valence-corrected chi connectivity index (χ0v) is 11.5. The van der Waals surface area contributed by atoms with Gasteiger partial charge in [-0.05, 0) is 30.5 Å². The summed E-state index contributed by atoms with van der Waals surface area (Å²) in [7, 11) is 1.59. The minimum atomic E-state index is 0.494. The van der Waals surface area contributed by atoms with Gasteiger partial charge in [-0.3, -0.25) is 0 Å². The molecule has 1 aromatic heterocycles. The molecule has 2 N–H and O–H groups in total. The number of ether oxygens (including phenoxy) is 1. The number of anilines is 1. The van der Waals surface area contributed by atoms with Crippen molar-refractivity contribution in [3.8, 4) is 17.2 Å². The normalized spacial score (nSPS) is 10.9. The van der Waals surface area contributed by atoms with Gasteiger partial charge in [-0.25, -0.2) is 0 Å². The van der Waals surface area contributed by atoms with Crippen LogP contribution in [0.1, 0.15) is 26.1 Å². The van der Waals surface area contributed by atoms with Crippen molar-refractivity contribution in [2.75, 3.05) is 12.8 Å².